The van der Waals surface area contributed by atoms with Crippen molar-refractivity contribution < 1.29 is 9.53 Å². The summed E-state index contributed by atoms with van der Waals surface area (Å²) in [6.45, 7) is 0. The number of pyridine rings is 1. The smallest absolute Gasteiger partial charge is 0.275 e. The first-order chi connectivity index (χ1) is 13.8. The third kappa shape index (κ3) is 3.88. The molecule has 0 aliphatic heterocycles. The minimum absolute atomic E-state index is 0.346. The number of fused-ring (bicyclic) bond motifs is 1. The summed E-state index contributed by atoms with van der Waals surface area (Å²) in [5.74, 6) is 0.784. The van der Waals surface area contributed by atoms with Crippen molar-refractivity contribution in [1.29, 1.82) is 0 Å². The maximum absolute atomic E-state index is 12.6. The minimum atomic E-state index is -0.346. The van der Waals surface area contributed by atoms with Crippen molar-refractivity contribution in [1.82, 2.24) is 10.4 Å². The average molecular weight is 367 g/mol. The first-order valence-electron chi connectivity index (χ1n) is 8.80. The molecule has 1 heterocycles. The van der Waals surface area contributed by atoms with Gasteiger partial charge in [-0.2, -0.15) is 5.10 Å². The van der Waals surface area contributed by atoms with Crippen LogP contribution < -0.4 is 10.2 Å². The summed E-state index contributed by atoms with van der Waals surface area (Å²) in [5.41, 5.74) is 4.72. The summed E-state index contributed by atoms with van der Waals surface area (Å²) in [5, 5.41) is 5.08. The van der Waals surface area contributed by atoms with Gasteiger partial charge >= 0.3 is 0 Å². The molecule has 0 bridgehead atoms. The van der Waals surface area contributed by atoms with Crippen molar-refractivity contribution in [2.24, 2.45) is 5.10 Å². The summed E-state index contributed by atoms with van der Waals surface area (Å²) >= 11 is 0. The maximum Gasteiger partial charge on any atom is 0.275 e. The normalized spacial score (nSPS) is 10.9. The van der Waals surface area contributed by atoms with Crippen LogP contribution in [0.1, 0.15) is 15.9 Å². The summed E-state index contributed by atoms with van der Waals surface area (Å²) < 4.78 is 5.83. The van der Waals surface area contributed by atoms with E-state index in [1.807, 2.05) is 66.7 Å². The van der Waals surface area contributed by atoms with Crippen LogP contribution in [-0.4, -0.2) is 17.1 Å². The quantitative estimate of drug-likeness (QED) is 0.407. The van der Waals surface area contributed by atoms with Gasteiger partial charge in [-0.25, -0.2) is 5.43 Å². The predicted octanol–water partition coefficient (Wildman–Crippen LogP) is 4.79. The van der Waals surface area contributed by atoms with E-state index in [9.17, 15) is 4.79 Å². The number of carbonyl (C=O) groups is 1. The lowest BCUT2D eigenvalue weighted by Crippen LogP contribution is -2.18. The molecule has 1 N–H and O–H groups in total. The number of benzene rings is 3. The van der Waals surface area contributed by atoms with Crippen LogP contribution >= 0.6 is 0 Å². The van der Waals surface area contributed by atoms with Gasteiger partial charge in [0.25, 0.3) is 5.91 Å². The van der Waals surface area contributed by atoms with Gasteiger partial charge in [0.2, 0.25) is 0 Å². The fraction of sp³-hybridized carbons (Fsp3) is 0. The van der Waals surface area contributed by atoms with Crippen molar-refractivity contribution >= 4 is 23.0 Å². The summed E-state index contributed by atoms with van der Waals surface area (Å²) in [4.78, 5) is 16.9. The number of amides is 1. The summed E-state index contributed by atoms with van der Waals surface area (Å²) in [7, 11) is 0. The molecule has 0 atom stereocenters. The number of aromatic nitrogens is 1. The average Bonchev–Trinajstić information content (AvgIpc) is 2.75. The molecule has 3 aromatic carbocycles. The Bertz CT molecular complexity index is 1140. The van der Waals surface area contributed by atoms with Crippen LogP contribution in [0.3, 0.4) is 0 Å². The van der Waals surface area contributed by atoms with Gasteiger partial charge in [0.15, 0.2) is 0 Å². The number of hydrogen-bond donors (Lipinski definition) is 1. The highest BCUT2D eigenvalue weighted by atomic mass is 16.5. The molecule has 0 radical (unpaired) electrons. The van der Waals surface area contributed by atoms with Crippen LogP contribution in [0, 0.1) is 0 Å². The zero-order chi connectivity index (χ0) is 19.2. The van der Waals surface area contributed by atoms with Crippen molar-refractivity contribution in [3.05, 3.63) is 102 Å². The zero-order valence-corrected chi connectivity index (χ0v) is 14.9. The second-order valence-electron chi connectivity index (χ2n) is 6.03. The maximum atomic E-state index is 12.6. The van der Waals surface area contributed by atoms with E-state index < -0.39 is 0 Å². The van der Waals surface area contributed by atoms with Crippen molar-refractivity contribution in [2.45, 2.75) is 0 Å². The lowest BCUT2D eigenvalue weighted by Gasteiger charge is -2.09. The minimum Gasteiger partial charge on any atom is -0.457 e. The van der Waals surface area contributed by atoms with Crippen LogP contribution in [0.15, 0.2) is 96.2 Å². The molecule has 1 aromatic heterocycles. The van der Waals surface area contributed by atoms with Crippen molar-refractivity contribution in [3.8, 4) is 11.5 Å². The van der Waals surface area contributed by atoms with Crippen molar-refractivity contribution in [2.75, 3.05) is 0 Å². The van der Waals surface area contributed by atoms with E-state index in [2.05, 4.69) is 15.5 Å². The van der Waals surface area contributed by atoms with Gasteiger partial charge in [0.05, 0.1) is 17.3 Å². The van der Waals surface area contributed by atoms with Crippen LogP contribution in [-0.2, 0) is 0 Å². The van der Waals surface area contributed by atoms with Gasteiger partial charge in [0, 0.05) is 17.1 Å². The fourth-order valence-corrected chi connectivity index (χ4v) is 2.81. The third-order valence-corrected chi connectivity index (χ3v) is 4.16. The Morgan fingerprint density at radius 1 is 0.893 bits per heavy atom. The Hall–Kier alpha value is -3.99. The Kier molecular flexibility index (Phi) is 5.06. The van der Waals surface area contributed by atoms with E-state index in [4.69, 9.17) is 4.74 Å². The molecule has 5 heteroatoms. The molecule has 1 amide bonds. The number of para-hydroxylation sites is 3. The lowest BCUT2D eigenvalue weighted by molar-refractivity contribution is 0.0953. The monoisotopic (exact) mass is 367 g/mol. The molecule has 0 fully saturated rings. The second-order valence-corrected chi connectivity index (χ2v) is 6.03. The lowest BCUT2D eigenvalue weighted by atomic mass is 10.1. The highest BCUT2D eigenvalue weighted by molar-refractivity contribution is 6.00. The van der Waals surface area contributed by atoms with Gasteiger partial charge in [-0.1, -0.05) is 48.5 Å². The van der Waals surface area contributed by atoms with Gasteiger partial charge in [-0.15, -0.1) is 0 Å². The van der Waals surface area contributed by atoms with Crippen LogP contribution in [0.25, 0.3) is 10.9 Å². The predicted molar refractivity (Wildman–Crippen MR) is 110 cm³/mol. The van der Waals surface area contributed by atoms with Crippen LogP contribution in [0.2, 0.25) is 0 Å². The first kappa shape index (κ1) is 17.4. The molecular weight excluding hydrogens is 350 g/mol. The summed E-state index contributed by atoms with van der Waals surface area (Å²) in [6, 6.07) is 26.0. The zero-order valence-electron chi connectivity index (χ0n) is 14.9. The first-order valence-corrected chi connectivity index (χ1v) is 8.80. The number of carbonyl (C=O) groups excluding carboxylic acids is 1. The molecule has 4 rings (SSSR count). The summed E-state index contributed by atoms with van der Waals surface area (Å²) in [6.07, 6.45) is 3.33. The van der Waals surface area contributed by atoms with E-state index in [1.165, 1.54) is 0 Å². The molecule has 0 saturated heterocycles. The Morgan fingerprint density at radius 2 is 1.64 bits per heavy atom. The largest absolute Gasteiger partial charge is 0.457 e. The topological polar surface area (TPSA) is 63.6 Å². The molecule has 136 valence electrons. The molecule has 0 unspecified atom stereocenters. The Labute approximate surface area is 162 Å². The van der Waals surface area contributed by atoms with E-state index in [0.717, 1.165) is 16.5 Å². The molecule has 0 spiro atoms. The number of hydrogen-bond acceptors (Lipinski definition) is 4. The standard InChI is InChI=1S/C23H17N3O2/c27-23(20-11-5-7-13-22(20)28-18-8-2-1-3-9-18)26-25-16-17-14-15-24-21-12-6-4-10-19(17)21/h1-16H,(H,26,27). The van der Waals surface area contributed by atoms with Gasteiger partial charge in [0.1, 0.15) is 11.5 Å². The van der Waals surface area contributed by atoms with Gasteiger partial charge < -0.3 is 4.74 Å². The Morgan fingerprint density at radius 3 is 2.54 bits per heavy atom. The molecule has 0 saturated carbocycles. The van der Waals surface area contributed by atoms with E-state index in [0.29, 0.717) is 17.1 Å². The third-order valence-electron chi connectivity index (χ3n) is 4.16. The number of rotatable bonds is 5. The fourth-order valence-electron chi connectivity index (χ4n) is 2.81. The van der Waals surface area contributed by atoms with E-state index in [1.54, 1.807) is 30.6 Å². The highest BCUT2D eigenvalue weighted by Gasteiger charge is 2.12. The number of ether oxygens (including phenoxy) is 1. The Balaban J connectivity index is 1.52. The SMILES string of the molecule is O=C(NN=Cc1ccnc2ccccc12)c1ccccc1Oc1ccccc1. The van der Waals surface area contributed by atoms with Crippen LogP contribution in [0.4, 0.5) is 0 Å². The van der Waals surface area contributed by atoms with Gasteiger partial charge in [-0.05, 0) is 36.4 Å². The van der Waals surface area contributed by atoms with Crippen molar-refractivity contribution in [3.63, 3.8) is 0 Å². The number of hydrazone groups is 1. The molecular formula is C23H17N3O2. The molecule has 0 aliphatic rings. The molecule has 0 aliphatic carbocycles. The van der Waals surface area contributed by atoms with E-state index >= 15 is 0 Å². The second kappa shape index (κ2) is 8.14. The number of nitrogens with one attached hydrogen (secondary N) is 1. The molecule has 28 heavy (non-hydrogen) atoms. The number of nitrogens with zero attached hydrogens (tertiary/aromatic N) is 2. The van der Waals surface area contributed by atoms with Gasteiger partial charge in [-0.3, -0.25) is 9.78 Å². The van der Waals surface area contributed by atoms with E-state index in [-0.39, 0.29) is 5.91 Å². The molecule has 4 aromatic rings. The highest BCUT2D eigenvalue weighted by Crippen LogP contribution is 2.25. The van der Waals surface area contributed by atoms with Crippen LogP contribution in [0.5, 0.6) is 11.5 Å². The molecule has 5 nitrogen and oxygen atoms in total.